The maximum Gasteiger partial charge on any atom is 0.347 e. The van der Waals surface area contributed by atoms with Crippen LogP contribution in [-0.4, -0.2) is 16.3 Å². The monoisotopic (exact) mass is 141 g/mol. The first-order chi connectivity index (χ1) is 4.79. The smallest absolute Gasteiger partial charge is 0.347 e. The Morgan fingerprint density at radius 1 is 1.70 bits per heavy atom. The number of aromatic amines is 1. The molecule has 5 nitrogen and oxygen atoms in total. The van der Waals surface area contributed by atoms with E-state index in [0.717, 1.165) is 16.8 Å². The molecule has 2 heterocycles. The molecule has 0 saturated heterocycles. The van der Waals surface area contributed by atoms with Gasteiger partial charge in [-0.15, -0.1) is 0 Å². The number of nitrogen functional groups attached to an aromatic ring is 1. The van der Waals surface area contributed by atoms with E-state index in [1.165, 1.54) is 0 Å². The van der Waals surface area contributed by atoms with Crippen molar-refractivity contribution in [2.24, 2.45) is 0 Å². The second kappa shape index (κ2) is 1.56. The summed E-state index contributed by atoms with van der Waals surface area (Å²) in [6.07, 6.45) is 0.745. The van der Waals surface area contributed by atoms with Crippen LogP contribution in [0.3, 0.4) is 0 Å². The maximum atomic E-state index is 10.8. The van der Waals surface area contributed by atoms with Gasteiger partial charge in [-0.05, 0) is 0 Å². The molecule has 5 heteroatoms. The molecule has 0 spiro atoms. The Morgan fingerprint density at radius 2 is 2.50 bits per heavy atom. The van der Waals surface area contributed by atoms with E-state index in [4.69, 9.17) is 10.6 Å². The fourth-order valence-corrected chi connectivity index (χ4v) is 1.06. The molecule has 10 heavy (non-hydrogen) atoms. The van der Waals surface area contributed by atoms with Gasteiger partial charge < -0.3 is 15.6 Å². The van der Waals surface area contributed by atoms with E-state index in [1.807, 2.05) is 0 Å². The van der Waals surface area contributed by atoms with E-state index in [-0.39, 0.29) is 5.69 Å². The van der Waals surface area contributed by atoms with Gasteiger partial charge in [0.15, 0.2) is 0 Å². The molecule has 0 amide bonds. The molecule has 1 aliphatic rings. The van der Waals surface area contributed by atoms with Crippen molar-refractivity contribution in [3.8, 4) is 5.88 Å². The first kappa shape index (κ1) is 5.40. The number of nitrogens with one attached hydrogen (secondary N) is 1. The minimum absolute atomic E-state index is 0.315. The van der Waals surface area contributed by atoms with Crippen molar-refractivity contribution in [2.75, 3.05) is 12.4 Å². The van der Waals surface area contributed by atoms with Gasteiger partial charge in [0.1, 0.15) is 0 Å². The molecule has 0 radical (unpaired) electrons. The largest absolute Gasteiger partial charge is 0.476 e. The predicted octanol–water partition coefficient (Wildman–Crippen LogP) is -1.17. The lowest BCUT2D eigenvalue weighted by Gasteiger charge is -1.95. The van der Waals surface area contributed by atoms with E-state index in [0.29, 0.717) is 12.5 Å². The van der Waals surface area contributed by atoms with Crippen molar-refractivity contribution < 1.29 is 4.74 Å². The highest BCUT2D eigenvalue weighted by Gasteiger charge is 2.18. The average molecular weight is 141 g/mol. The molecule has 0 bridgehead atoms. The van der Waals surface area contributed by atoms with Crippen molar-refractivity contribution >= 4 is 0 Å². The molecule has 0 atom stereocenters. The molecule has 1 aromatic rings. The summed E-state index contributed by atoms with van der Waals surface area (Å²) < 4.78 is 6.05. The van der Waals surface area contributed by atoms with Crippen LogP contribution in [0.1, 0.15) is 5.69 Å². The van der Waals surface area contributed by atoms with Crippen molar-refractivity contribution in [1.82, 2.24) is 9.66 Å². The van der Waals surface area contributed by atoms with Crippen LogP contribution in [0, 0.1) is 0 Å². The first-order valence-electron chi connectivity index (χ1n) is 3.01. The molecular weight excluding hydrogens is 134 g/mol. The first-order valence-corrected chi connectivity index (χ1v) is 3.01. The molecule has 0 fully saturated rings. The Bertz CT molecular complexity index is 311. The minimum atomic E-state index is -0.315. The lowest BCUT2D eigenvalue weighted by molar-refractivity contribution is 0.333. The predicted molar refractivity (Wildman–Crippen MR) is 34.4 cm³/mol. The minimum Gasteiger partial charge on any atom is -0.476 e. The molecule has 0 aliphatic carbocycles. The molecule has 1 aliphatic heterocycles. The summed E-state index contributed by atoms with van der Waals surface area (Å²) >= 11 is 0. The van der Waals surface area contributed by atoms with Gasteiger partial charge in [-0.3, -0.25) is 0 Å². The average Bonchev–Trinajstić information content (AvgIpc) is 2.41. The molecule has 0 unspecified atom stereocenters. The normalized spacial score (nSPS) is 14.8. The Morgan fingerprint density at radius 3 is 3.20 bits per heavy atom. The van der Waals surface area contributed by atoms with Crippen LogP contribution < -0.4 is 16.3 Å². The quantitative estimate of drug-likeness (QED) is 0.447. The summed E-state index contributed by atoms with van der Waals surface area (Å²) in [7, 11) is 0. The van der Waals surface area contributed by atoms with Gasteiger partial charge in [0, 0.05) is 6.42 Å². The van der Waals surface area contributed by atoms with E-state index >= 15 is 0 Å². The molecule has 0 aromatic carbocycles. The zero-order valence-corrected chi connectivity index (χ0v) is 5.26. The number of H-pyrrole nitrogens is 1. The van der Waals surface area contributed by atoms with Crippen molar-refractivity contribution in [3.63, 3.8) is 0 Å². The van der Waals surface area contributed by atoms with Crippen LogP contribution >= 0.6 is 0 Å². The van der Waals surface area contributed by atoms with Gasteiger partial charge >= 0.3 is 5.69 Å². The van der Waals surface area contributed by atoms with Crippen LogP contribution in [0.5, 0.6) is 5.88 Å². The highest BCUT2D eigenvalue weighted by Crippen LogP contribution is 2.18. The van der Waals surface area contributed by atoms with Gasteiger partial charge in [-0.2, -0.15) is 4.68 Å². The molecule has 3 N–H and O–H groups in total. The summed E-state index contributed by atoms with van der Waals surface area (Å²) in [5.74, 6) is 5.78. The summed E-state index contributed by atoms with van der Waals surface area (Å²) in [6, 6.07) is 0. The summed E-state index contributed by atoms with van der Waals surface area (Å²) in [4.78, 5) is 13.3. The van der Waals surface area contributed by atoms with Gasteiger partial charge in [-0.1, -0.05) is 0 Å². The Hall–Kier alpha value is -1.39. The number of fused-ring (bicyclic) bond motifs is 1. The van der Waals surface area contributed by atoms with E-state index in [9.17, 15) is 4.79 Å². The molecule has 2 rings (SSSR count). The third-order valence-corrected chi connectivity index (χ3v) is 1.54. The van der Waals surface area contributed by atoms with Gasteiger partial charge in [-0.25, -0.2) is 4.79 Å². The highest BCUT2D eigenvalue weighted by atomic mass is 16.5. The van der Waals surface area contributed by atoms with Crippen LogP contribution in [0.15, 0.2) is 4.79 Å². The number of rotatable bonds is 0. The number of aromatic nitrogens is 2. The summed E-state index contributed by atoms with van der Waals surface area (Å²) in [6.45, 7) is 0.610. The van der Waals surface area contributed by atoms with Crippen molar-refractivity contribution in [1.29, 1.82) is 0 Å². The molecular formula is C5H7N3O2. The standard InChI is InChI=1S/C5H7N3O2/c6-8-4-3(1-2-10-4)7-5(8)9/h1-2,6H2,(H,7,9). The molecule has 0 saturated carbocycles. The van der Waals surface area contributed by atoms with E-state index in [2.05, 4.69) is 4.98 Å². The van der Waals surface area contributed by atoms with E-state index in [1.54, 1.807) is 0 Å². The number of nitrogens with zero attached hydrogens (tertiary/aromatic N) is 1. The van der Waals surface area contributed by atoms with Gasteiger partial charge in [0.25, 0.3) is 0 Å². The van der Waals surface area contributed by atoms with Crippen molar-refractivity contribution in [3.05, 3.63) is 16.2 Å². The fourth-order valence-electron chi connectivity index (χ4n) is 1.06. The topological polar surface area (TPSA) is 73.0 Å². The third kappa shape index (κ3) is 0.490. The Balaban J connectivity index is 2.70. The summed E-state index contributed by atoms with van der Waals surface area (Å²) in [5, 5.41) is 0. The number of hydrogen-bond acceptors (Lipinski definition) is 3. The lowest BCUT2D eigenvalue weighted by Crippen LogP contribution is -2.25. The van der Waals surface area contributed by atoms with Crippen molar-refractivity contribution in [2.45, 2.75) is 6.42 Å². The summed E-state index contributed by atoms with van der Waals surface area (Å²) in [5.41, 5.74) is 0.484. The third-order valence-electron chi connectivity index (χ3n) is 1.54. The zero-order valence-electron chi connectivity index (χ0n) is 5.26. The zero-order chi connectivity index (χ0) is 7.14. The number of nitrogens with two attached hydrogens (primary N) is 1. The molecule has 1 aromatic heterocycles. The second-order valence-electron chi connectivity index (χ2n) is 2.18. The molecule has 54 valence electrons. The number of imidazole rings is 1. The van der Waals surface area contributed by atoms with Crippen LogP contribution in [0.4, 0.5) is 0 Å². The van der Waals surface area contributed by atoms with Gasteiger partial charge in [0.05, 0.1) is 12.3 Å². The van der Waals surface area contributed by atoms with Gasteiger partial charge in [0.2, 0.25) is 5.88 Å². The highest BCUT2D eigenvalue weighted by molar-refractivity contribution is 5.23. The van der Waals surface area contributed by atoms with Crippen LogP contribution in [0.2, 0.25) is 0 Å². The maximum absolute atomic E-state index is 10.8. The van der Waals surface area contributed by atoms with E-state index < -0.39 is 0 Å². The SMILES string of the molecule is Nn1c2c([nH]c1=O)CCO2. The second-order valence-corrected chi connectivity index (χ2v) is 2.18. The fraction of sp³-hybridized carbons (Fsp3) is 0.400. The van der Waals surface area contributed by atoms with Crippen LogP contribution in [0.25, 0.3) is 0 Å². The Kier molecular flexibility index (Phi) is 0.841. The lowest BCUT2D eigenvalue weighted by atomic mass is 10.4. The number of ether oxygens (including phenoxy) is 1. The number of hydrogen-bond donors (Lipinski definition) is 2. The van der Waals surface area contributed by atoms with Crippen LogP contribution in [-0.2, 0) is 6.42 Å². The Labute approximate surface area is 56.4 Å².